The van der Waals surface area contributed by atoms with Crippen molar-refractivity contribution in [2.24, 2.45) is 21.8 Å². The average molecular weight is 400 g/mol. The highest BCUT2D eigenvalue weighted by atomic mass is 19.1. The van der Waals surface area contributed by atoms with Crippen LogP contribution in [0.15, 0.2) is 29.4 Å². The van der Waals surface area contributed by atoms with Crippen molar-refractivity contribution in [3.63, 3.8) is 0 Å². The number of rotatable bonds is 5. The summed E-state index contributed by atoms with van der Waals surface area (Å²) in [5.41, 5.74) is 2.30. The first-order valence-corrected chi connectivity index (χ1v) is 11.2. The molecule has 4 rings (SSSR count). The first-order chi connectivity index (χ1) is 13.8. The topological polar surface area (TPSA) is 44.7 Å². The Kier molecular flexibility index (Phi) is 5.20. The monoisotopic (exact) mass is 399 g/mol. The van der Waals surface area contributed by atoms with Crippen LogP contribution in [0.2, 0.25) is 0 Å². The molecule has 0 saturated heterocycles. The van der Waals surface area contributed by atoms with Gasteiger partial charge in [-0.15, -0.1) is 0 Å². The van der Waals surface area contributed by atoms with Crippen molar-refractivity contribution < 1.29 is 9.18 Å². The molecule has 1 N–H and O–H groups in total. The minimum atomic E-state index is -0.239. The second-order valence-corrected chi connectivity index (χ2v) is 10.00. The lowest BCUT2D eigenvalue weighted by molar-refractivity contribution is 0.118. The van der Waals surface area contributed by atoms with E-state index >= 15 is 0 Å². The van der Waals surface area contributed by atoms with Crippen LogP contribution in [0.25, 0.3) is 0 Å². The zero-order valence-corrected chi connectivity index (χ0v) is 18.2. The van der Waals surface area contributed by atoms with Gasteiger partial charge in [-0.05, 0) is 66.5 Å². The predicted molar refractivity (Wildman–Crippen MR) is 114 cm³/mol. The average Bonchev–Trinajstić information content (AvgIpc) is 3.26. The second-order valence-electron chi connectivity index (χ2n) is 10.00. The fourth-order valence-electron chi connectivity index (χ4n) is 5.92. The molecule has 1 aromatic rings. The van der Waals surface area contributed by atoms with E-state index in [9.17, 15) is 9.18 Å². The second kappa shape index (κ2) is 7.41. The van der Waals surface area contributed by atoms with E-state index in [2.05, 4.69) is 33.0 Å². The number of amides is 2. The van der Waals surface area contributed by atoms with Gasteiger partial charge in [-0.25, -0.2) is 14.2 Å². The molecular weight excluding hydrogens is 365 g/mol. The lowest BCUT2D eigenvalue weighted by Gasteiger charge is -2.39. The van der Waals surface area contributed by atoms with Gasteiger partial charge < -0.3 is 5.32 Å². The van der Waals surface area contributed by atoms with Crippen LogP contribution in [0.3, 0.4) is 0 Å². The van der Waals surface area contributed by atoms with Crippen molar-refractivity contribution in [3.8, 4) is 0 Å². The summed E-state index contributed by atoms with van der Waals surface area (Å²) in [6, 6.07) is 6.81. The smallest absolute Gasteiger partial charge is 0.333 e. The zero-order chi connectivity index (χ0) is 20.8. The molecule has 0 spiro atoms. The number of unbranched alkanes of at least 4 members (excludes halogenated alkanes) is 1. The molecule has 2 fully saturated rings. The third kappa shape index (κ3) is 3.36. The van der Waals surface area contributed by atoms with E-state index in [1.54, 1.807) is 17.1 Å². The van der Waals surface area contributed by atoms with Crippen LogP contribution < -0.4 is 5.32 Å². The van der Waals surface area contributed by atoms with Crippen molar-refractivity contribution in [1.82, 2.24) is 10.3 Å². The maximum atomic E-state index is 13.8. The van der Waals surface area contributed by atoms with Crippen LogP contribution >= 0.6 is 0 Å². The Labute approximate surface area is 173 Å². The number of nitrogens with zero attached hydrogens (tertiary/aromatic N) is 2. The predicted octanol–water partition coefficient (Wildman–Crippen LogP) is 5.70. The van der Waals surface area contributed by atoms with Crippen LogP contribution in [0.4, 0.5) is 9.18 Å². The molecule has 2 saturated carbocycles. The van der Waals surface area contributed by atoms with Crippen molar-refractivity contribution in [1.29, 1.82) is 0 Å². The lowest BCUT2D eigenvalue weighted by Crippen LogP contribution is -2.50. The molecular formula is C24H34FN3O. The number of carbonyl (C=O) groups excluding carboxylic acids is 1. The molecule has 4 nitrogen and oxygen atoms in total. The Bertz CT molecular complexity index is 820. The van der Waals surface area contributed by atoms with E-state index in [0.29, 0.717) is 12.5 Å². The summed E-state index contributed by atoms with van der Waals surface area (Å²) in [4.78, 5) is 13.1. The quantitative estimate of drug-likeness (QED) is 0.679. The number of hydrogen-bond acceptors (Lipinski definition) is 2. The molecule has 29 heavy (non-hydrogen) atoms. The molecule has 1 heterocycles. The Morgan fingerprint density at radius 2 is 2.14 bits per heavy atom. The number of urea groups is 1. The summed E-state index contributed by atoms with van der Waals surface area (Å²) in [6.45, 7) is 9.68. The molecule has 0 radical (unpaired) electrons. The van der Waals surface area contributed by atoms with Crippen LogP contribution in [-0.2, 0) is 0 Å². The molecule has 2 aliphatic carbocycles. The highest BCUT2D eigenvalue weighted by Crippen LogP contribution is 2.65. The standard InChI is InChI=1S/C24H34FN3O/c1-5-6-10-20-19(16-8-7-9-18(25)13-16)15-28(27-20)22(29)26-21-14-17-11-12-24(21,4)23(17,2)3/h7-9,13,17,19,21H,5-6,10-12,14-15H2,1-4H3,(H,26,29)/t17-,19-,21+,24+/m1/s1. The lowest BCUT2D eigenvalue weighted by atomic mass is 9.69. The molecule has 1 aromatic carbocycles. The summed E-state index contributed by atoms with van der Waals surface area (Å²) >= 11 is 0. The minimum Gasteiger partial charge on any atom is -0.333 e. The molecule has 158 valence electrons. The van der Waals surface area contributed by atoms with Crippen molar-refractivity contribution in [2.45, 2.75) is 78.2 Å². The van der Waals surface area contributed by atoms with Gasteiger partial charge in [0.25, 0.3) is 0 Å². The molecule has 5 heteroatoms. The summed E-state index contributed by atoms with van der Waals surface area (Å²) in [5, 5.41) is 9.59. The van der Waals surface area contributed by atoms with Crippen LogP contribution in [-0.4, -0.2) is 29.3 Å². The van der Waals surface area contributed by atoms with E-state index in [1.807, 2.05) is 6.07 Å². The van der Waals surface area contributed by atoms with E-state index in [4.69, 9.17) is 5.10 Å². The fourth-order valence-corrected chi connectivity index (χ4v) is 5.92. The normalized spacial score (nSPS) is 32.5. The zero-order valence-electron chi connectivity index (χ0n) is 18.2. The van der Waals surface area contributed by atoms with Gasteiger partial charge in [0.15, 0.2) is 0 Å². The Morgan fingerprint density at radius 3 is 2.76 bits per heavy atom. The van der Waals surface area contributed by atoms with Gasteiger partial charge in [0, 0.05) is 17.7 Å². The number of hydrazone groups is 1. The van der Waals surface area contributed by atoms with E-state index < -0.39 is 0 Å². The van der Waals surface area contributed by atoms with Gasteiger partial charge in [0.2, 0.25) is 0 Å². The number of carbonyl (C=O) groups is 1. The van der Waals surface area contributed by atoms with Crippen molar-refractivity contribution >= 4 is 11.7 Å². The maximum Gasteiger partial charge on any atom is 0.338 e. The van der Waals surface area contributed by atoms with Gasteiger partial charge in [0.1, 0.15) is 5.82 Å². The summed E-state index contributed by atoms with van der Waals surface area (Å²) in [6.07, 6.45) is 6.43. The molecule has 3 aliphatic rings. The number of benzene rings is 1. The van der Waals surface area contributed by atoms with Gasteiger partial charge in [-0.1, -0.05) is 46.2 Å². The summed E-state index contributed by atoms with van der Waals surface area (Å²) in [5.74, 6) is 0.424. The third-order valence-corrected chi connectivity index (χ3v) is 8.37. The van der Waals surface area contributed by atoms with Gasteiger partial charge in [-0.3, -0.25) is 0 Å². The summed E-state index contributed by atoms with van der Waals surface area (Å²) in [7, 11) is 0. The molecule has 2 amide bonds. The van der Waals surface area contributed by atoms with Crippen molar-refractivity contribution in [2.75, 3.05) is 6.54 Å². The van der Waals surface area contributed by atoms with Gasteiger partial charge >= 0.3 is 6.03 Å². The molecule has 4 atom stereocenters. The minimum absolute atomic E-state index is 0.0185. The number of nitrogens with one attached hydrogen (secondary N) is 1. The number of halogens is 1. The van der Waals surface area contributed by atoms with Gasteiger partial charge in [0.05, 0.1) is 6.54 Å². The van der Waals surface area contributed by atoms with E-state index in [-0.39, 0.29) is 34.6 Å². The SMILES string of the molecule is CCCCC1=NN(C(=O)N[C@H]2C[C@H]3CC[C@]2(C)C3(C)C)C[C@@H]1c1cccc(F)c1. The number of hydrogen-bond donors (Lipinski definition) is 1. The largest absolute Gasteiger partial charge is 0.338 e. The molecule has 0 unspecified atom stereocenters. The van der Waals surface area contributed by atoms with E-state index in [1.165, 1.54) is 18.9 Å². The maximum absolute atomic E-state index is 13.8. The molecule has 2 bridgehead atoms. The first-order valence-electron chi connectivity index (χ1n) is 11.2. The Morgan fingerprint density at radius 1 is 1.34 bits per heavy atom. The fraction of sp³-hybridized carbons (Fsp3) is 0.667. The van der Waals surface area contributed by atoms with Gasteiger partial charge in [-0.2, -0.15) is 5.10 Å². The first kappa shape index (κ1) is 20.4. The van der Waals surface area contributed by atoms with Crippen LogP contribution in [0.1, 0.15) is 77.7 Å². The third-order valence-electron chi connectivity index (χ3n) is 8.37. The van der Waals surface area contributed by atoms with Crippen LogP contribution in [0.5, 0.6) is 0 Å². The number of fused-ring (bicyclic) bond motifs is 2. The highest BCUT2D eigenvalue weighted by Gasteiger charge is 2.61. The highest BCUT2D eigenvalue weighted by molar-refractivity contribution is 5.94. The molecule has 1 aliphatic heterocycles. The van der Waals surface area contributed by atoms with Crippen molar-refractivity contribution in [3.05, 3.63) is 35.6 Å². The Hall–Kier alpha value is -1.91. The Balaban J connectivity index is 1.50. The molecule has 0 aromatic heterocycles. The van der Waals surface area contributed by atoms with E-state index in [0.717, 1.165) is 37.0 Å². The van der Waals surface area contributed by atoms with Crippen LogP contribution in [0, 0.1) is 22.6 Å². The summed E-state index contributed by atoms with van der Waals surface area (Å²) < 4.78 is 13.8.